The summed E-state index contributed by atoms with van der Waals surface area (Å²) in [5.41, 5.74) is 0.452. The molecule has 1 fully saturated rings. The lowest BCUT2D eigenvalue weighted by Gasteiger charge is -2.23. The molecular formula is C19H30N2O4. The minimum atomic E-state index is -0.595. The Hall–Kier alpha value is -1.63. The van der Waals surface area contributed by atoms with E-state index in [4.69, 9.17) is 9.47 Å². The predicted octanol–water partition coefficient (Wildman–Crippen LogP) is 1.68. The van der Waals surface area contributed by atoms with E-state index in [1.165, 1.54) is 19.4 Å². The number of benzene rings is 1. The van der Waals surface area contributed by atoms with Crippen molar-refractivity contribution in [1.82, 2.24) is 10.2 Å². The summed E-state index contributed by atoms with van der Waals surface area (Å²) in [5, 5.41) is 13.4. The summed E-state index contributed by atoms with van der Waals surface area (Å²) in [5.74, 6) is 0.185. The van der Waals surface area contributed by atoms with Crippen molar-refractivity contribution in [3.05, 3.63) is 29.8 Å². The molecule has 1 aromatic carbocycles. The van der Waals surface area contributed by atoms with E-state index in [2.05, 4.69) is 17.1 Å². The predicted molar refractivity (Wildman–Crippen MR) is 97.0 cm³/mol. The summed E-state index contributed by atoms with van der Waals surface area (Å²) in [4.78, 5) is 14.2. The molecule has 2 rings (SSSR count). The minimum absolute atomic E-state index is 0.182. The largest absolute Gasteiger partial charge is 0.491 e. The summed E-state index contributed by atoms with van der Waals surface area (Å²) < 4.78 is 10.6. The number of aliphatic hydroxyl groups excluding tert-OH is 1. The van der Waals surface area contributed by atoms with E-state index < -0.39 is 6.10 Å². The van der Waals surface area contributed by atoms with Crippen LogP contribution in [0.25, 0.3) is 0 Å². The molecule has 0 aromatic heterocycles. The lowest BCUT2D eigenvalue weighted by Crippen LogP contribution is -2.41. The fourth-order valence-corrected chi connectivity index (χ4v) is 3.14. The SMILES string of the molecule is CCOC(=O)c1cccc(OCC(O)CNCC2CCCN2CC)c1. The highest BCUT2D eigenvalue weighted by molar-refractivity contribution is 5.89. The van der Waals surface area contributed by atoms with Gasteiger partial charge in [0.25, 0.3) is 0 Å². The number of hydrogen-bond acceptors (Lipinski definition) is 6. The zero-order valence-corrected chi connectivity index (χ0v) is 15.2. The van der Waals surface area contributed by atoms with Crippen LogP contribution in [0, 0.1) is 0 Å². The van der Waals surface area contributed by atoms with E-state index in [0.29, 0.717) is 30.5 Å². The molecule has 1 heterocycles. The Morgan fingerprint density at radius 3 is 3.04 bits per heavy atom. The molecule has 1 aliphatic rings. The van der Waals surface area contributed by atoms with Crippen LogP contribution in [-0.2, 0) is 4.74 Å². The summed E-state index contributed by atoms with van der Waals surface area (Å²) in [6, 6.07) is 7.39. The molecule has 0 bridgehead atoms. The van der Waals surface area contributed by atoms with Gasteiger partial charge in [0.15, 0.2) is 0 Å². The van der Waals surface area contributed by atoms with Gasteiger partial charge in [-0.05, 0) is 51.1 Å². The highest BCUT2D eigenvalue weighted by Crippen LogP contribution is 2.16. The van der Waals surface area contributed by atoms with Crippen LogP contribution in [0.2, 0.25) is 0 Å². The van der Waals surface area contributed by atoms with Gasteiger partial charge >= 0.3 is 5.97 Å². The number of aliphatic hydroxyl groups is 1. The lowest BCUT2D eigenvalue weighted by molar-refractivity contribution is 0.0525. The van der Waals surface area contributed by atoms with Crippen molar-refractivity contribution in [2.75, 3.05) is 39.4 Å². The van der Waals surface area contributed by atoms with Crippen molar-refractivity contribution in [3.63, 3.8) is 0 Å². The molecule has 1 aliphatic heterocycles. The molecule has 2 N–H and O–H groups in total. The van der Waals surface area contributed by atoms with Gasteiger partial charge in [0.2, 0.25) is 0 Å². The zero-order valence-electron chi connectivity index (χ0n) is 15.2. The third kappa shape index (κ3) is 6.30. The van der Waals surface area contributed by atoms with Crippen LogP contribution in [-0.4, -0.2) is 67.5 Å². The van der Waals surface area contributed by atoms with Crippen LogP contribution in [0.4, 0.5) is 0 Å². The smallest absolute Gasteiger partial charge is 0.338 e. The van der Waals surface area contributed by atoms with Crippen molar-refractivity contribution < 1.29 is 19.4 Å². The van der Waals surface area contributed by atoms with Gasteiger partial charge in [-0.3, -0.25) is 4.90 Å². The number of nitrogens with one attached hydrogen (secondary N) is 1. The molecule has 1 aromatic rings. The molecule has 0 spiro atoms. The van der Waals surface area contributed by atoms with Gasteiger partial charge in [-0.2, -0.15) is 0 Å². The number of likely N-dealkylation sites (N-methyl/N-ethyl adjacent to an activating group) is 1. The summed E-state index contributed by atoms with van der Waals surface area (Å²) in [7, 11) is 0. The number of ether oxygens (including phenoxy) is 2. The number of likely N-dealkylation sites (tertiary alicyclic amines) is 1. The Labute approximate surface area is 150 Å². The summed E-state index contributed by atoms with van der Waals surface area (Å²) in [6.07, 6.45) is 1.87. The van der Waals surface area contributed by atoms with Crippen molar-refractivity contribution in [2.24, 2.45) is 0 Å². The van der Waals surface area contributed by atoms with E-state index >= 15 is 0 Å². The quantitative estimate of drug-likeness (QED) is 0.626. The highest BCUT2D eigenvalue weighted by atomic mass is 16.5. The van der Waals surface area contributed by atoms with E-state index in [-0.39, 0.29) is 12.6 Å². The molecular weight excluding hydrogens is 320 g/mol. The maximum Gasteiger partial charge on any atom is 0.338 e. The number of nitrogens with zero attached hydrogens (tertiary/aromatic N) is 1. The first-order valence-electron chi connectivity index (χ1n) is 9.16. The molecule has 0 aliphatic carbocycles. The number of hydrogen-bond donors (Lipinski definition) is 2. The molecule has 0 saturated carbocycles. The zero-order chi connectivity index (χ0) is 18.1. The van der Waals surface area contributed by atoms with Crippen molar-refractivity contribution >= 4 is 5.97 Å². The maximum absolute atomic E-state index is 11.7. The fourth-order valence-electron chi connectivity index (χ4n) is 3.14. The Morgan fingerprint density at radius 1 is 1.44 bits per heavy atom. The van der Waals surface area contributed by atoms with Crippen LogP contribution in [0.1, 0.15) is 37.0 Å². The third-order valence-corrected chi connectivity index (χ3v) is 4.45. The van der Waals surface area contributed by atoms with Crippen LogP contribution in [0.5, 0.6) is 5.75 Å². The molecule has 0 radical (unpaired) electrons. The standard InChI is InChI=1S/C19H30N2O4/c1-3-21-10-6-8-16(21)12-20-13-17(22)14-25-18-9-5-7-15(11-18)19(23)24-4-2/h5,7,9,11,16-17,20,22H,3-4,6,8,10,12-14H2,1-2H3. The second-order valence-electron chi connectivity index (χ2n) is 6.30. The van der Waals surface area contributed by atoms with Crippen LogP contribution < -0.4 is 10.1 Å². The lowest BCUT2D eigenvalue weighted by atomic mass is 10.2. The van der Waals surface area contributed by atoms with Gasteiger partial charge in [-0.25, -0.2) is 4.79 Å². The van der Waals surface area contributed by atoms with Crippen LogP contribution >= 0.6 is 0 Å². The van der Waals surface area contributed by atoms with Crippen molar-refractivity contribution in [2.45, 2.75) is 38.8 Å². The molecule has 6 nitrogen and oxygen atoms in total. The van der Waals surface area contributed by atoms with Crippen molar-refractivity contribution in [3.8, 4) is 5.75 Å². The number of esters is 1. The Bertz CT molecular complexity index is 538. The normalized spacial score (nSPS) is 18.9. The highest BCUT2D eigenvalue weighted by Gasteiger charge is 2.22. The van der Waals surface area contributed by atoms with Crippen LogP contribution in [0.15, 0.2) is 24.3 Å². The average molecular weight is 350 g/mol. The Morgan fingerprint density at radius 2 is 2.28 bits per heavy atom. The van der Waals surface area contributed by atoms with Gasteiger partial charge < -0.3 is 19.9 Å². The van der Waals surface area contributed by atoms with Gasteiger partial charge in [-0.1, -0.05) is 13.0 Å². The minimum Gasteiger partial charge on any atom is -0.491 e. The summed E-state index contributed by atoms with van der Waals surface area (Å²) in [6.45, 7) is 8.11. The van der Waals surface area contributed by atoms with E-state index in [0.717, 1.165) is 13.1 Å². The van der Waals surface area contributed by atoms with Crippen molar-refractivity contribution in [1.29, 1.82) is 0 Å². The number of carbonyl (C=O) groups excluding carboxylic acids is 1. The first-order valence-corrected chi connectivity index (χ1v) is 9.16. The van der Waals surface area contributed by atoms with E-state index in [9.17, 15) is 9.90 Å². The second-order valence-corrected chi connectivity index (χ2v) is 6.30. The van der Waals surface area contributed by atoms with E-state index in [1.807, 2.05) is 0 Å². The molecule has 2 atom stereocenters. The van der Waals surface area contributed by atoms with Gasteiger partial charge in [0, 0.05) is 19.1 Å². The molecule has 140 valence electrons. The summed E-state index contributed by atoms with van der Waals surface area (Å²) >= 11 is 0. The third-order valence-electron chi connectivity index (χ3n) is 4.45. The monoisotopic (exact) mass is 350 g/mol. The first-order chi connectivity index (χ1) is 12.1. The van der Waals surface area contributed by atoms with Gasteiger partial charge in [-0.15, -0.1) is 0 Å². The maximum atomic E-state index is 11.7. The number of carbonyl (C=O) groups is 1. The molecule has 1 saturated heterocycles. The first kappa shape index (κ1) is 19.7. The molecule has 0 amide bonds. The van der Waals surface area contributed by atoms with Gasteiger partial charge in [0.1, 0.15) is 18.5 Å². The molecule has 6 heteroatoms. The Balaban J connectivity index is 1.70. The average Bonchev–Trinajstić information content (AvgIpc) is 3.08. The second kappa shape index (κ2) is 10.4. The Kier molecular flexibility index (Phi) is 8.18. The number of rotatable bonds is 10. The molecule has 25 heavy (non-hydrogen) atoms. The molecule has 2 unspecified atom stereocenters. The van der Waals surface area contributed by atoms with Gasteiger partial charge in [0.05, 0.1) is 12.2 Å². The topological polar surface area (TPSA) is 71.0 Å². The fraction of sp³-hybridized carbons (Fsp3) is 0.632. The van der Waals surface area contributed by atoms with E-state index in [1.54, 1.807) is 31.2 Å². The van der Waals surface area contributed by atoms with Crippen LogP contribution in [0.3, 0.4) is 0 Å².